The molecule has 0 aliphatic carbocycles. The minimum absolute atomic E-state index is 0.139. The predicted octanol–water partition coefficient (Wildman–Crippen LogP) is 3.66. The van der Waals surface area contributed by atoms with Crippen LogP contribution in [0.25, 0.3) is 0 Å². The lowest BCUT2D eigenvalue weighted by Crippen LogP contribution is -2.49. The Bertz CT molecular complexity index is 1350. The average Bonchev–Trinajstić information content (AvgIpc) is 3.33. The summed E-state index contributed by atoms with van der Waals surface area (Å²) in [5.74, 6) is -0.287. The number of hydrogen-bond donors (Lipinski definition) is 0. The summed E-state index contributed by atoms with van der Waals surface area (Å²) in [5.41, 5.74) is 3.49. The van der Waals surface area contributed by atoms with Gasteiger partial charge in [-0.1, -0.05) is 42.8 Å². The molecule has 2 aromatic carbocycles. The number of hydrogen-bond acceptors (Lipinski definition) is 5. The number of sulfonamides is 1. The van der Waals surface area contributed by atoms with Crippen LogP contribution in [0, 0.1) is 0 Å². The highest BCUT2D eigenvalue weighted by Gasteiger charge is 2.36. The molecule has 2 aliphatic heterocycles. The van der Waals surface area contributed by atoms with Crippen molar-refractivity contribution in [2.45, 2.75) is 37.9 Å². The fourth-order valence-corrected chi connectivity index (χ4v) is 6.53. The van der Waals surface area contributed by atoms with Crippen molar-refractivity contribution in [3.05, 3.63) is 76.4 Å². The lowest BCUT2D eigenvalue weighted by Gasteiger charge is -2.35. The lowest BCUT2D eigenvalue weighted by atomic mass is 9.99. The van der Waals surface area contributed by atoms with E-state index < -0.39 is 10.0 Å². The summed E-state index contributed by atoms with van der Waals surface area (Å²) in [4.78, 5) is 17.5. The fraction of sp³-hybridized carbons (Fsp3) is 0.385. The van der Waals surface area contributed by atoms with Gasteiger partial charge in [-0.3, -0.25) is 9.48 Å². The van der Waals surface area contributed by atoms with Gasteiger partial charge in [-0.15, -0.1) is 0 Å². The highest BCUT2D eigenvalue weighted by Crippen LogP contribution is 2.26. The zero-order chi connectivity index (χ0) is 25.3. The van der Waals surface area contributed by atoms with Gasteiger partial charge in [-0.05, 0) is 48.2 Å². The number of rotatable bonds is 6. The van der Waals surface area contributed by atoms with E-state index in [-0.39, 0.29) is 16.5 Å². The molecule has 10 heteroatoms. The molecule has 0 bridgehead atoms. The van der Waals surface area contributed by atoms with Crippen molar-refractivity contribution in [1.29, 1.82) is 0 Å². The molecule has 1 amide bonds. The summed E-state index contributed by atoms with van der Waals surface area (Å²) in [5, 5.41) is 4.93. The molecule has 2 aliphatic rings. The number of halogens is 1. The number of carbonyl (C=O) groups is 1. The summed E-state index contributed by atoms with van der Waals surface area (Å²) in [7, 11) is -3.94. The van der Waals surface area contributed by atoms with E-state index in [1.165, 1.54) is 9.87 Å². The highest BCUT2D eigenvalue weighted by atomic mass is 35.5. The zero-order valence-corrected chi connectivity index (χ0v) is 21.9. The van der Waals surface area contributed by atoms with E-state index >= 15 is 0 Å². The van der Waals surface area contributed by atoms with Crippen molar-refractivity contribution in [3.8, 4) is 0 Å². The van der Waals surface area contributed by atoms with Gasteiger partial charge in [0.2, 0.25) is 5.03 Å². The fourth-order valence-electron chi connectivity index (χ4n) is 4.88. The van der Waals surface area contributed by atoms with E-state index in [0.29, 0.717) is 50.8 Å². The maximum Gasteiger partial charge on any atom is 0.263 e. The maximum atomic E-state index is 13.7. The van der Waals surface area contributed by atoms with Crippen LogP contribution in [-0.4, -0.2) is 66.0 Å². The first-order valence-corrected chi connectivity index (χ1v) is 14.1. The minimum Gasteiger partial charge on any atom is -0.369 e. The molecule has 5 rings (SSSR count). The number of amides is 1. The Morgan fingerprint density at radius 3 is 2.36 bits per heavy atom. The number of fused-ring (bicyclic) bond motifs is 1. The molecule has 0 radical (unpaired) electrons. The van der Waals surface area contributed by atoms with E-state index in [9.17, 15) is 13.2 Å². The van der Waals surface area contributed by atoms with Crippen LogP contribution in [0.5, 0.6) is 0 Å². The molecule has 36 heavy (non-hydrogen) atoms. The average molecular weight is 528 g/mol. The lowest BCUT2D eigenvalue weighted by molar-refractivity contribution is 0.0730. The summed E-state index contributed by atoms with van der Waals surface area (Å²) in [6.45, 7) is 5.28. The number of piperazine rings is 1. The second kappa shape index (κ2) is 10.2. The second-order valence-corrected chi connectivity index (χ2v) is 11.5. The summed E-state index contributed by atoms with van der Waals surface area (Å²) >= 11 is 6.00. The normalized spacial score (nSPS) is 16.7. The zero-order valence-electron chi connectivity index (χ0n) is 20.3. The maximum absolute atomic E-state index is 13.7. The van der Waals surface area contributed by atoms with Crippen LogP contribution < -0.4 is 4.90 Å². The van der Waals surface area contributed by atoms with Crippen molar-refractivity contribution in [1.82, 2.24) is 19.0 Å². The minimum atomic E-state index is -3.94. The number of aromatic nitrogens is 2. The van der Waals surface area contributed by atoms with Gasteiger partial charge >= 0.3 is 0 Å². The van der Waals surface area contributed by atoms with Gasteiger partial charge in [0.25, 0.3) is 15.9 Å². The van der Waals surface area contributed by atoms with E-state index in [0.717, 1.165) is 24.1 Å². The Hall–Kier alpha value is -2.88. The Balaban J connectivity index is 1.38. The van der Waals surface area contributed by atoms with Crippen molar-refractivity contribution in [2.24, 2.45) is 0 Å². The van der Waals surface area contributed by atoms with Crippen molar-refractivity contribution >= 4 is 33.2 Å². The van der Waals surface area contributed by atoms with Crippen molar-refractivity contribution < 1.29 is 13.2 Å². The van der Waals surface area contributed by atoms with Gasteiger partial charge < -0.3 is 9.80 Å². The van der Waals surface area contributed by atoms with Gasteiger partial charge in [0.05, 0.1) is 5.56 Å². The second-order valence-electron chi connectivity index (χ2n) is 9.22. The van der Waals surface area contributed by atoms with Crippen LogP contribution >= 0.6 is 11.6 Å². The van der Waals surface area contributed by atoms with Crippen LogP contribution in [0.1, 0.15) is 34.8 Å². The Morgan fingerprint density at radius 1 is 0.972 bits per heavy atom. The van der Waals surface area contributed by atoms with E-state index in [1.54, 1.807) is 15.8 Å². The molecule has 0 N–H and O–H groups in total. The summed E-state index contributed by atoms with van der Waals surface area (Å²) < 4.78 is 30.5. The van der Waals surface area contributed by atoms with Crippen molar-refractivity contribution in [2.75, 3.05) is 37.6 Å². The number of aryl methyl sites for hydroxylation is 1. The van der Waals surface area contributed by atoms with Gasteiger partial charge in [0, 0.05) is 62.7 Å². The molecule has 0 unspecified atom stereocenters. The molecule has 1 saturated heterocycles. The quantitative estimate of drug-likeness (QED) is 0.489. The third-order valence-corrected chi connectivity index (χ3v) is 8.93. The molecular weight excluding hydrogens is 498 g/mol. The molecule has 0 spiro atoms. The number of nitrogens with zero attached hydrogens (tertiary/aromatic N) is 5. The smallest absolute Gasteiger partial charge is 0.263 e. The molecule has 3 heterocycles. The van der Waals surface area contributed by atoms with Crippen LogP contribution in [-0.2, 0) is 29.5 Å². The number of carbonyl (C=O) groups excluding carboxylic acids is 1. The molecular formula is C26H30ClN5O3S. The third-order valence-electron chi connectivity index (χ3n) is 6.84. The van der Waals surface area contributed by atoms with Crippen LogP contribution in [0.4, 0.5) is 5.69 Å². The van der Waals surface area contributed by atoms with Crippen LogP contribution in [0.2, 0.25) is 5.02 Å². The van der Waals surface area contributed by atoms with Gasteiger partial charge in [0.15, 0.2) is 0 Å². The first-order chi connectivity index (χ1) is 17.4. The largest absolute Gasteiger partial charge is 0.369 e. The Kier molecular flexibility index (Phi) is 7.05. The third kappa shape index (κ3) is 4.87. The number of anilines is 1. The van der Waals surface area contributed by atoms with E-state index in [4.69, 9.17) is 11.6 Å². The molecule has 190 valence electrons. The van der Waals surface area contributed by atoms with Gasteiger partial charge in [-0.2, -0.15) is 9.40 Å². The Labute approximate surface area is 217 Å². The first kappa shape index (κ1) is 24.8. The monoisotopic (exact) mass is 527 g/mol. The molecule has 1 aromatic heterocycles. The Morgan fingerprint density at radius 2 is 1.67 bits per heavy atom. The van der Waals surface area contributed by atoms with Gasteiger partial charge in [0.1, 0.15) is 0 Å². The van der Waals surface area contributed by atoms with E-state index in [1.807, 2.05) is 49.4 Å². The standard InChI is InChI=1S/C26H30ClN5O3S/c1-2-12-31-19-24(26(33)30-13-11-20-5-3-4-6-21(20)18-30)25(28-31)36(34,35)32-16-14-29(15-17-32)23-9-7-22(27)8-10-23/h3-10,19H,2,11-18H2,1H3. The molecule has 8 nitrogen and oxygen atoms in total. The molecule has 0 saturated carbocycles. The van der Waals surface area contributed by atoms with Crippen LogP contribution in [0.3, 0.4) is 0 Å². The van der Waals surface area contributed by atoms with Gasteiger partial charge in [-0.25, -0.2) is 8.42 Å². The SMILES string of the molecule is CCCn1cc(C(=O)N2CCc3ccccc3C2)c(S(=O)(=O)N2CCN(c3ccc(Cl)cc3)CC2)n1. The highest BCUT2D eigenvalue weighted by molar-refractivity contribution is 7.89. The molecule has 3 aromatic rings. The summed E-state index contributed by atoms with van der Waals surface area (Å²) in [6.07, 6.45) is 3.13. The topological polar surface area (TPSA) is 78.8 Å². The van der Waals surface area contributed by atoms with E-state index in [2.05, 4.69) is 16.1 Å². The molecule has 1 fully saturated rings. The summed E-state index contributed by atoms with van der Waals surface area (Å²) in [6, 6.07) is 15.6. The number of benzene rings is 2. The molecule has 0 atom stereocenters. The first-order valence-electron chi connectivity index (χ1n) is 12.3. The van der Waals surface area contributed by atoms with Crippen molar-refractivity contribution in [3.63, 3.8) is 0 Å². The predicted molar refractivity (Wildman–Crippen MR) is 140 cm³/mol. The van der Waals surface area contributed by atoms with Crippen LogP contribution in [0.15, 0.2) is 59.8 Å².